The van der Waals surface area contributed by atoms with Crippen LogP contribution in [0.25, 0.3) is 0 Å². The van der Waals surface area contributed by atoms with Crippen molar-refractivity contribution in [2.24, 2.45) is 11.3 Å². The van der Waals surface area contributed by atoms with Crippen molar-refractivity contribution in [1.29, 1.82) is 0 Å². The van der Waals surface area contributed by atoms with Gasteiger partial charge in [0, 0.05) is 13.0 Å². The highest BCUT2D eigenvalue weighted by Gasteiger charge is 2.39. The van der Waals surface area contributed by atoms with Crippen LogP contribution in [0.3, 0.4) is 0 Å². The van der Waals surface area contributed by atoms with Crippen LogP contribution in [0.2, 0.25) is 0 Å². The predicted molar refractivity (Wildman–Crippen MR) is 61.0 cm³/mol. The molecule has 16 heavy (non-hydrogen) atoms. The van der Waals surface area contributed by atoms with Gasteiger partial charge in [0.15, 0.2) is 0 Å². The van der Waals surface area contributed by atoms with Crippen LogP contribution in [-0.4, -0.2) is 23.5 Å². The Labute approximate surface area is 96.4 Å². The smallest absolute Gasteiger partial charge is 0.303 e. The summed E-state index contributed by atoms with van der Waals surface area (Å²) in [6.07, 6.45) is 3.61. The number of aliphatic carboxylic acids is 1. The molecule has 0 aromatic heterocycles. The number of carbonyl (C=O) groups excluding carboxylic acids is 1. The second kappa shape index (κ2) is 5.32. The van der Waals surface area contributed by atoms with Gasteiger partial charge in [-0.3, -0.25) is 9.59 Å². The highest BCUT2D eigenvalue weighted by molar-refractivity contribution is 5.76. The largest absolute Gasteiger partial charge is 0.481 e. The van der Waals surface area contributed by atoms with Crippen LogP contribution in [-0.2, 0) is 9.59 Å². The monoisotopic (exact) mass is 227 g/mol. The number of carbonyl (C=O) groups is 2. The first-order valence-electron chi connectivity index (χ1n) is 5.92. The summed E-state index contributed by atoms with van der Waals surface area (Å²) in [4.78, 5) is 22.2. The van der Waals surface area contributed by atoms with E-state index in [9.17, 15) is 9.59 Å². The van der Waals surface area contributed by atoms with Crippen molar-refractivity contribution in [1.82, 2.24) is 5.32 Å². The molecule has 0 unspecified atom stereocenters. The van der Waals surface area contributed by atoms with Crippen LogP contribution >= 0.6 is 0 Å². The SMILES string of the molecule is CC(C)CC(=O)NCC1(CC(=O)O)CCC1. The van der Waals surface area contributed by atoms with Gasteiger partial charge in [-0.05, 0) is 24.2 Å². The minimum Gasteiger partial charge on any atom is -0.481 e. The molecular weight excluding hydrogens is 206 g/mol. The minimum atomic E-state index is -0.766. The Morgan fingerprint density at radius 1 is 1.38 bits per heavy atom. The predicted octanol–water partition coefficient (Wildman–Crippen LogP) is 1.79. The second-order valence-corrected chi connectivity index (χ2v) is 5.30. The summed E-state index contributed by atoms with van der Waals surface area (Å²) in [5.74, 6) is -0.388. The Bertz CT molecular complexity index is 269. The lowest BCUT2D eigenvalue weighted by Gasteiger charge is -2.40. The normalized spacial score (nSPS) is 17.9. The molecule has 4 nitrogen and oxygen atoms in total. The van der Waals surface area contributed by atoms with E-state index in [0.29, 0.717) is 18.9 Å². The molecule has 0 aromatic rings. The third-order valence-electron chi connectivity index (χ3n) is 3.19. The summed E-state index contributed by atoms with van der Waals surface area (Å²) in [6.45, 7) is 4.51. The average molecular weight is 227 g/mol. The van der Waals surface area contributed by atoms with E-state index < -0.39 is 5.97 Å². The molecule has 1 fully saturated rings. The fourth-order valence-electron chi connectivity index (χ4n) is 2.14. The van der Waals surface area contributed by atoms with Crippen LogP contribution in [0.5, 0.6) is 0 Å². The molecule has 0 aliphatic heterocycles. The minimum absolute atomic E-state index is 0.0339. The van der Waals surface area contributed by atoms with E-state index in [-0.39, 0.29) is 17.7 Å². The van der Waals surface area contributed by atoms with Crippen LogP contribution in [0, 0.1) is 11.3 Å². The first kappa shape index (κ1) is 13.0. The van der Waals surface area contributed by atoms with E-state index in [0.717, 1.165) is 19.3 Å². The Morgan fingerprint density at radius 2 is 2.00 bits per heavy atom. The molecule has 0 spiro atoms. The Morgan fingerprint density at radius 3 is 2.38 bits per heavy atom. The number of hydrogen-bond donors (Lipinski definition) is 2. The molecular formula is C12H21NO3. The van der Waals surface area contributed by atoms with Crippen LogP contribution in [0.15, 0.2) is 0 Å². The van der Waals surface area contributed by atoms with E-state index in [2.05, 4.69) is 5.32 Å². The topological polar surface area (TPSA) is 66.4 Å². The standard InChI is InChI=1S/C12H21NO3/c1-9(2)6-10(14)13-8-12(4-3-5-12)7-11(15)16/h9H,3-8H2,1-2H3,(H,13,14)(H,15,16). The zero-order valence-corrected chi connectivity index (χ0v) is 10.1. The molecule has 4 heteroatoms. The maximum absolute atomic E-state index is 11.5. The van der Waals surface area contributed by atoms with E-state index in [1.807, 2.05) is 13.8 Å². The summed E-state index contributed by atoms with van der Waals surface area (Å²) >= 11 is 0. The van der Waals surface area contributed by atoms with Crippen molar-refractivity contribution in [3.05, 3.63) is 0 Å². The van der Waals surface area contributed by atoms with E-state index in [4.69, 9.17) is 5.11 Å². The van der Waals surface area contributed by atoms with Gasteiger partial charge in [-0.15, -0.1) is 0 Å². The molecule has 92 valence electrons. The van der Waals surface area contributed by atoms with Crippen molar-refractivity contribution in [3.63, 3.8) is 0 Å². The molecule has 0 bridgehead atoms. The summed E-state index contributed by atoms with van der Waals surface area (Å²) in [5, 5.41) is 11.7. The molecule has 1 saturated carbocycles. The summed E-state index contributed by atoms with van der Waals surface area (Å²) in [7, 11) is 0. The van der Waals surface area contributed by atoms with Gasteiger partial charge in [0.25, 0.3) is 0 Å². The maximum Gasteiger partial charge on any atom is 0.303 e. The molecule has 1 rings (SSSR count). The molecule has 1 aliphatic rings. The van der Waals surface area contributed by atoms with E-state index in [1.165, 1.54) is 0 Å². The van der Waals surface area contributed by atoms with Crippen molar-refractivity contribution in [2.45, 2.75) is 46.0 Å². The lowest BCUT2D eigenvalue weighted by Crippen LogP contribution is -2.43. The molecule has 2 N–H and O–H groups in total. The van der Waals surface area contributed by atoms with Crippen LogP contribution in [0.1, 0.15) is 46.0 Å². The molecule has 0 atom stereocenters. The highest BCUT2D eigenvalue weighted by Crippen LogP contribution is 2.43. The first-order chi connectivity index (χ1) is 7.43. The Kier molecular flexibility index (Phi) is 4.33. The lowest BCUT2D eigenvalue weighted by atomic mass is 9.66. The number of rotatable bonds is 6. The van der Waals surface area contributed by atoms with Gasteiger partial charge in [0.05, 0.1) is 6.42 Å². The van der Waals surface area contributed by atoms with Gasteiger partial charge >= 0.3 is 5.97 Å². The fourth-order valence-corrected chi connectivity index (χ4v) is 2.14. The molecule has 1 amide bonds. The number of amides is 1. The van der Waals surface area contributed by atoms with Gasteiger partial charge in [0.1, 0.15) is 0 Å². The quantitative estimate of drug-likeness (QED) is 0.727. The zero-order valence-electron chi connectivity index (χ0n) is 10.1. The summed E-state index contributed by atoms with van der Waals surface area (Å²) in [6, 6.07) is 0. The van der Waals surface area contributed by atoms with Gasteiger partial charge in [-0.25, -0.2) is 0 Å². The molecule has 1 aliphatic carbocycles. The van der Waals surface area contributed by atoms with Crippen molar-refractivity contribution >= 4 is 11.9 Å². The van der Waals surface area contributed by atoms with Gasteiger partial charge in [-0.2, -0.15) is 0 Å². The zero-order chi connectivity index (χ0) is 12.2. The third-order valence-corrected chi connectivity index (χ3v) is 3.19. The number of carboxylic acid groups (broad SMARTS) is 1. The Hall–Kier alpha value is -1.06. The van der Waals surface area contributed by atoms with Crippen molar-refractivity contribution in [3.8, 4) is 0 Å². The number of nitrogens with one attached hydrogen (secondary N) is 1. The maximum atomic E-state index is 11.5. The van der Waals surface area contributed by atoms with Gasteiger partial charge in [0.2, 0.25) is 5.91 Å². The summed E-state index contributed by atoms with van der Waals surface area (Å²) in [5.41, 5.74) is -0.168. The van der Waals surface area contributed by atoms with Crippen LogP contribution in [0.4, 0.5) is 0 Å². The fraction of sp³-hybridized carbons (Fsp3) is 0.833. The average Bonchev–Trinajstić information content (AvgIpc) is 2.07. The van der Waals surface area contributed by atoms with Gasteiger partial charge in [-0.1, -0.05) is 20.3 Å². The number of hydrogen-bond acceptors (Lipinski definition) is 2. The highest BCUT2D eigenvalue weighted by atomic mass is 16.4. The van der Waals surface area contributed by atoms with Crippen molar-refractivity contribution < 1.29 is 14.7 Å². The Balaban J connectivity index is 2.34. The second-order valence-electron chi connectivity index (χ2n) is 5.30. The molecule has 0 radical (unpaired) electrons. The van der Waals surface area contributed by atoms with Crippen molar-refractivity contribution in [2.75, 3.05) is 6.54 Å². The lowest BCUT2D eigenvalue weighted by molar-refractivity contribution is -0.141. The van der Waals surface area contributed by atoms with E-state index >= 15 is 0 Å². The third kappa shape index (κ3) is 3.83. The van der Waals surface area contributed by atoms with Crippen LogP contribution < -0.4 is 5.32 Å². The first-order valence-corrected chi connectivity index (χ1v) is 5.92. The molecule has 0 saturated heterocycles. The van der Waals surface area contributed by atoms with E-state index in [1.54, 1.807) is 0 Å². The molecule has 0 heterocycles. The van der Waals surface area contributed by atoms with Gasteiger partial charge < -0.3 is 10.4 Å². The molecule has 0 aromatic carbocycles. The summed E-state index contributed by atoms with van der Waals surface area (Å²) < 4.78 is 0. The number of carboxylic acids is 1.